The van der Waals surface area contributed by atoms with E-state index in [2.05, 4.69) is 21.1 Å². The molecule has 2 aromatic rings. The molecule has 0 unspecified atom stereocenters. The summed E-state index contributed by atoms with van der Waals surface area (Å²) in [4.78, 5) is 21.9. The Morgan fingerprint density at radius 3 is 2.67 bits per heavy atom. The highest BCUT2D eigenvalue weighted by Crippen LogP contribution is 2.24. The first-order valence-electron chi connectivity index (χ1n) is 5.23. The normalized spacial score (nSPS) is 11.3. The van der Waals surface area contributed by atoms with Gasteiger partial charge < -0.3 is 9.63 Å². The summed E-state index contributed by atoms with van der Waals surface area (Å²) in [5.74, 6) is -2.76. The van der Waals surface area contributed by atoms with Crippen molar-refractivity contribution in [3.63, 3.8) is 0 Å². The smallest absolute Gasteiger partial charge is 0.347 e. The van der Waals surface area contributed by atoms with Gasteiger partial charge in [-0.25, -0.2) is 17.9 Å². The number of sulfonamides is 1. The molecule has 112 valence electrons. The fraction of sp³-hybridized carbons (Fsp3) is 0.100. The Morgan fingerprint density at radius 1 is 1.48 bits per heavy atom. The molecule has 0 aliphatic heterocycles. The molecule has 8 nitrogen and oxygen atoms in total. The zero-order valence-corrected chi connectivity index (χ0v) is 13.5. The first-order valence-corrected chi connectivity index (χ1v) is 8.39. The molecule has 0 aromatic carbocycles. The lowest BCUT2D eigenvalue weighted by Crippen LogP contribution is -2.31. The summed E-state index contributed by atoms with van der Waals surface area (Å²) < 4.78 is 30.8. The molecule has 0 aliphatic carbocycles. The van der Waals surface area contributed by atoms with E-state index in [-0.39, 0.29) is 15.1 Å². The summed E-state index contributed by atoms with van der Waals surface area (Å²) in [5, 5.41) is 13.7. The standard InChI is InChI=1S/C10H7BrN2O6S2/c1-4-6(11)7(19-12-4)9(14)13-21(17,18)5-2-3-20-8(5)10(15)16/h2-3H,1H3,(H,13,14)(H,15,16). The lowest BCUT2D eigenvalue weighted by atomic mass is 10.4. The van der Waals surface area contributed by atoms with Gasteiger partial charge in [0.1, 0.15) is 9.77 Å². The molecule has 0 saturated carbocycles. The Labute approximate surface area is 130 Å². The van der Waals surface area contributed by atoms with E-state index in [1.165, 1.54) is 5.38 Å². The first-order chi connectivity index (χ1) is 9.74. The van der Waals surface area contributed by atoms with Gasteiger partial charge in [-0.05, 0) is 34.3 Å². The molecule has 2 aromatic heterocycles. The molecule has 0 spiro atoms. The van der Waals surface area contributed by atoms with E-state index in [1.807, 2.05) is 0 Å². The minimum Gasteiger partial charge on any atom is -0.477 e. The fourth-order valence-corrected chi connectivity index (χ4v) is 3.92. The zero-order valence-electron chi connectivity index (χ0n) is 10.3. The summed E-state index contributed by atoms with van der Waals surface area (Å²) in [5.41, 5.74) is 0.374. The Balaban J connectivity index is 2.34. The van der Waals surface area contributed by atoms with Crippen LogP contribution >= 0.6 is 27.3 Å². The summed E-state index contributed by atoms with van der Waals surface area (Å²) in [6.45, 7) is 1.56. The number of amides is 1. The van der Waals surface area contributed by atoms with E-state index in [1.54, 1.807) is 11.6 Å². The third-order valence-electron chi connectivity index (χ3n) is 2.34. The highest BCUT2D eigenvalue weighted by Gasteiger charge is 2.28. The van der Waals surface area contributed by atoms with Crippen molar-refractivity contribution in [1.82, 2.24) is 9.88 Å². The molecule has 1 amide bonds. The molecule has 2 rings (SSSR count). The highest BCUT2D eigenvalue weighted by molar-refractivity contribution is 9.10. The Kier molecular flexibility index (Phi) is 4.16. The summed E-state index contributed by atoms with van der Waals surface area (Å²) in [6, 6.07) is 1.10. The van der Waals surface area contributed by atoms with Crippen molar-refractivity contribution in [3.8, 4) is 0 Å². The van der Waals surface area contributed by atoms with Crippen molar-refractivity contribution < 1.29 is 27.6 Å². The summed E-state index contributed by atoms with van der Waals surface area (Å²) in [7, 11) is -4.33. The number of carboxylic acid groups (broad SMARTS) is 1. The van der Waals surface area contributed by atoms with E-state index < -0.39 is 26.8 Å². The average Bonchev–Trinajstić information content (AvgIpc) is 2.98. The Morgan fingerprint density at radius 2 is 2.14 bits per heavy atom. The van der Waals surface area contributed by atoms with Crippen molar-refractivity contribution in [2.45, 2.75) is 11.8 Å². The van der Waals surface area contributed by atoms with Gasteiger partial charge in [-0.1, -0.05) is 5.16 Å². The third-order valence-corrected chi connectivity index (χ3v) is 5.68. The minimum atomic E-state index is -4.33. The van der Waals surface area contributed by atoms with Crippen LogP contribution in [0.5, 0.6) is 0 Å². The maximum atomic E-state index is 12.1. The van der Waals surface area contributed by atoms with Crippen molar-refractivity contribution in [2.24, 2.45) is 0 Å². The number of carbonyl (C=O) groups is 2. The predicted octanol–water partition coefficient (Wildman–Crippen LogP) is 1.62. The number of thiophene rings is 1. The van der Waals surface area contributed by atoms with E-state index in [9.17, 15) is 18.0 Å². The largest absolute Gasteiger partial charge is 0.477 e. The van der Waals surface area contributed by atoms with E-state index >= 15 is 0 Å². The highest BCUT2D eigenvalue weighted by atomic mass is 79.9. The van der Waals surface area contributed by atoms with Gasteiger partial charge in [-0.2, -0.15) is 0 Å². The van der Waals surface area contributed by atoms with Crippen LogP contribution in [0.3, 0.4) is 0 Å². The zero-order chi connectivity index (χ0) is 15.8. The van der Waals surface area contributed by atoms with Gasteiger partial charge in [0.05, 0.1) is 10.2 Å². The predicted molar refractivity (Wildman–Crippen MR) is 74.9 cm³/mol. The van der Waals surface area contributed by atoms with Crippen molar-refractivity contribution in [2.75, 3.05) is 0 Å². The topological polar surface area (TPSA) is 127 Å². The second-order valence-corrected chi connectivity index (χ2v) is 7.12. The number of carboxylic acids is 1. The first kappa shape index (κ1) is 15.7. The number of aromatic carboxylic acids is 1. The lowest BCUT2D eigenvalue weighted by Gasteiger charge is -2.04. The average molecular weight is 395 g/mol. The monoisotopic (exact) mass is 394 g/mol. The molecular formula is C10H7BrN2O6S2. The summed E-state index contributed by atoms with van der Waals surface area (Å²) in [6.07, 6.45) is 0. The van der Waals surface area contributed by atoms with Crippen LogP contribution in [-0.4, -0.2) is 30.6 Å². The number of aromatic nitrogens is 1. The molecule has 2 heterocycles. The van der Waals surface area contributed by atoms with Crippen LogP contribution in [0.4, 0.5) is 0 Å². The van der Waals surface area contributed by atoms with E-state index in [0.29, 0.717) is 5.69 Å². The van der Waals surface area contributed by atoms with Crippen molar-refractivity contribution in [3.05, 3.63) is 32.3 Å². The Hall–Kier alpha value is -1.72. The van der Waals surface area contributed by atoms with E-state index in [0.717, 1.165) is 17.4 Å². The van der Waals surface area contributed by atoms with Crippen LogP contribution in [0.1, 0.15) is 25.9 Å². The van der Waals surface area contributed by atoms with Crippen molar-refractivity contribution in [1.29, 1.82) is 0 Å². The van der Waals surface area contributed by atoms with Gasteiger partial charge in [0.15, 0.2) is 0 Å². The molecule has 0 aliphatic rings. The van der Waals surface area contributed by atoms with Gasteiger partial charge in [0.2, 0.25) is 5.76 Å². The maximum absolute atomic E-state index is 12.1. The van der Waals surface area contributed by atoms with Gasteiger partial charge in [0, 0.05) is 0 Å². The molecule has 11 heteroatoms. The van der Waals surface area contributed by atoms with Crippen molar-refractivity contribution >= 4 is 49.2 Å². The number of nitrogens with one attached hydrogen (secondary N) is 1. The van der Waals surface area contributed by atoms with Gasteiger partial charge in [0.25, 0.3) is 10.0 Å². The molecule has 0 fully saturated rings. The summed E-state index contributed by atoms with van der Waals surface area (Å²) >= 11 is 3.78. The quantitative estimate of drug-likeness (QED) is 0.806. The number of rotatable bonds is 4. The molecule has 0 radical (unpaired) electrons. The number of nitrogens with zero attached hydrogens (tertiary/aromatic N) is 1. The van der Waals surface area contributed by atoms with Crippen LogP contribution in [0.25, 0.3) is 0 Å². The SMILES string of the molecule is Cc1noc(C(=O)NS(=O)(=O)c2ccsc2C(=O)O)c1Br. The van der Waals surface area contributed by atoms with Crippen LogP contribution in [0.2, 0.25) is 0 Å². The fourth-order valence-electron chi connectivity index (χ4n) is 1.39. The number of aryl methyl sites for hydroxylation is 1. The third kappa shape index (κ3) is 2.99. The molecular weight excluding hydrogens is 388 g/mol. The lowest BCUT2D eigenvalue weighted by molar-refractivity contribution is 0.0697. The molecule has 0 bridgehead atoms. The molecule has 2 N–H and O–H groups in total. The Bertz CT molecular complexity index is 822. The van der Waals surface area contributed by atoms with Crippen LogP contribution < -0.4 is 4.72 Å². The number of hydrogen-bond donors (Lipinski definition) is 2. The molecule has 0 saturated heterocycles. The maximum Gasteiger partial charge on any atom is 0.347 e. The second kappa shape index (κ2) is 5.58. The molecule has 21 heavy (non-hydrogen) atoms. The van der Waals surface area contributed by atoms with Gasteiger partial charge in [-0.15, -0.1) is 11.3 Å². The number of carbonyl (C=O) groups excluding carboxylic acids is 1. The molecule has 0 atom stereocenters. The number of hydrogen-bond acceptors (Lipinski definition) is 7. The van der Waals surface area contributed by atoms with Gasteiger partial charge in [-0.3, -0.25) is 4.79 Å². The van der Waals surface area contributed by atoms with E-state index in [4.69, 9.17) is 9.63 Å². The van der Waals surface area contributed by atoms with Gasteiger partial charge >= 0.3 is 11.9 Å². The number of halogens is 1. The minimum absolute atomic E-state index is 0.221. The second-order valence-electron chi connectivity index (χ2n) is 3.76. The van der Waals surface area contributed by atoms with Crippen LogP contribution in [0.15, 0.2) is 25.3 Å². The van der Waals surface area contributed by atoms with Crippen LogP contribution in [-0.2, 0) is 10.0 Å². The van der Waals surface area contributed by atoms with Crippen LogP contribution in [0, 0.1) is 6.92 Å².